The van der Waals surface area contributed by atoms with Gasteiger partial charge in [0.25, 0.3) is 5.91 Å². The maximum absolute atomic E-state index is 12.3. The number of halogens is 1. The van der Waals surface area contributed by atoms with Crippen molar-refractivity contribution in [3.63, 3.8) is 0 Å². The van der Waals surface area contributed by atoms with Crippen molar-refractivity contribution in [1.29, 1.82) is 0 Å². The molecule has 0 bridgehead atoms. The van der Waals surface area contributed by atoms with Gasteiger partial charge in [-0.1, -0.05) is 24.6 Å². The van der Waals surface area contributed by atoms with E-state index in [-0.39, 0.29) is 5.91 Å². The van der Waals surface area contributed by atoms with Gasteiger partial charge in [0.1, 0.15) is 5.69 Å². The zero-order valence-corrected chi connectivity index (χ0v) is 12.9. The smallest absolute Gasteiger partial charge is 0.274 e. The van der Waals surface area contributed by atoms with E-state index in [2.05, 4.69) is 22.5 Å². The predicted molar refractivity (Wildman–Crippen MR) is 87.2 cm³/mol. The number of carbonyl (C=O) groups is 1. The number of hydrogen-bond donors (Lipinski definition) is 2. The Hall–Kier alpha value is -2.07. The van der Waals surface area contributed by atoms with E-state index in [0.717, 1.165) is 24.2 Å². The molecule has 2 N–H and O–H groups in total. The molecule has 0 fully saturated rings. The molecule has 0 spiro atoms. The van der Waals surface area contributed by atoms with Gasteiger partial charge in [-0.3, -0.25) is 9.78 Å². The molecule has 5 heteroatoms. The number of hydrogen-bond acceptors (Lipinski definition) is 3. The van der Waals surface area contributed by atoms with Crippen LogP contribution in [-0.2, 0) is 0 Å². The van der Waals surface area contributed by atoms with E-state index in [9.17, 15) is 4.79 Å². The van der Waals surface area contributed by atoms with Crippen LogP contribution >= 0.6 is 11.6 Å². The molecule has 0 unspecified atom stereocenters. The van der Waals surface area contributed by atoms with Crippen LogP contribution in [-0.4, -0.2) is 17.4 Å². The summed E-state index contributed by atoms with van der Waals surface area (Å²) in [5, 5.41) is 6.69. The van der Waals surface area contributed by atoms with Gasteiger partial charge in [-0.2, -0.15) is 0 Å². The third-order valence-corrected chi connectivity index (χ3v) is 3.50. The summed E-state index contributed by atoms with van der Waals surface area (Å²) >= 11 is 6.05. The minimum absolute atomic E-state index is 0.250. The lowest BCUT2D eigenvalue weighted by atomic mass is 10.2. The van der Waals surface area contributed by atoms with Crippen LogP contribution in [0.15, 0.2) is 36.5 Å². The molecular formula is C16H18ClN3O. The summed E-state index contributed by atoms with van der Waals surface area (Å²) < 4.78 is 0. The van der Waals surface area contributed by atoms with Crippen LogP contribution in [0.1, 0.15) is 29.4 Å². The highest BCUT2D eigenvalue weighted by Gasteiger charge is 2.10. The van der Waals surface area contributed by atoms with Crippen molar-refractivity contribution in [1.82, 2.24) is 4.98 Å². The van der Waals surface area contributed by atoms with Crippen LogP contribution in [0.2, 0.25) is 5.02 Å². The third kappa shape index (κ3) is 3.95. The van der Waals surface area contributed by atoms with Gasteiger partial charge in [0.05, 0.1) is 0 Å². The Bertz CT molecular complexity index is 643. The molecule has 1 amide bonds. The van der Waals surface area contributed by atoms with Crippen LogP contribution < -0.4 is 10.6 Å². The number of nitrogens with zero attached hydrogens (tertiary/aromatic N) is 1. The summed E-state index contributed by atoms with van der Waals surface area (Å²) in [4.78, 5) is 16.4. The van der Waals surface area contributed by atoms with Crippen LogP contribution in [0.5, 0.6) is 0 Å². The van der Waals surface area contributed by atoms with E-state index in [0.29, 0.717) is 16.4 Å². The summed E-state index contributed by atoms with van der Waals surface area (Å²) in [6.07, 6.45) is 2.64. The molecule has 2 rings (SSSR count). The summed E-state index contributed by atoms with van der Waals surface area (Å²) in [5.41, 5.74) is 2.80. The number of pyridine rings is 1. The summed E-state index contributed by atoms with van der Waals surface area (Å²) in [5.74, 6) is -0.250. The number of benzene rings is 1. The molecule has 0 radical (unpaired) electrons. The molecule has 0 aliphatic rings. The number of rotatable bonds is 5. The van der Waals surface area contributed by atoms with Gasteiger partial charge in [-0.15, -0.1) is 0 Å². The maximum Gasteiger partial charge on any atom is 0.274 e. The normalized spacial score (nSPS) is 10.2. The van der Waals surface area contributed by atoms with E-state index in [1.165, 1.54) is 0 Å². The lowest BCUT2D eigenvalue weighted by Gasteiger charge is -2.10. The standard InChI is InChI=1S/C16H18ClN3O/c1-3-8-18-12-7-9-19-15(10-12)16(21)20-14-6-4-5-13(17)11(14)2/h4-7,9-10H,3,8H2,1-2H3,(H,18,19)(H,20,21). The van der Waals surface area contributed by atoms with Gasteiger partial charge in [-0.25, -0.2) is 0 Å². The predicted octanol–water partition coefficient (Wildman–Crippen LogP) is 4.12. The minimum atomic E-state index is -0.250. The monoisotopic (exact) mass is 303 g/mol. The molecule has 1 aromatic carbocycles. The second-order valence-electron chi connectivity index (χ2n) is 4.72. The van der Waals surface area contributed by atoms with Crippen LogP contribution in [0.25, 0.3) is 0 Å². The molecule has 1 aromatic heterocycles. The number of carbonyl (C=O) groups excluding carboxylic acids is 1. The van der Waals surface area contributed by atoms with Crippen molar-refractivity contribution in [2.45, 2.75) is 20.3 Å². The fraction of sp³-hybridized carbons (Fsp3) is 0.250. The molecule has 21 heavy (non-hydrogen) atoms. The van der Waals surface area contributed by atoms with Crippen LogP contribution in [0, 0.1) is 6.92 Å². The summed E-state index contributed by atoms with van der Waals surface area (Å²) in [7, 11) is 0. The Labute approximate surface area is 129 Å². The van der Waals surface area contributed by atoms with Crippen molar-refractivity contribution in [2.75, 3.05) is 17.2 Å². The van der Waals surface area contributed by atoms with E-state index in [4.69, 9.17) is 11.6 Å². The Morgan fingerprint density at radius 1 is 1.33 bits per heavy atom. The first-order valence-electron chi connectivity index (χ1n) is 6.88. The highest BCUT2D eigenvalue weighted by Crippen LogP contribution is 2.23. The number of aromatic nitrogens is 1. The number of nitrogens with one attached hydrogen (secondary N) is 2. The van der Waals surface area contributed by atoms with E-state index in [1.807, 2.05) is 19.1 Å². The molecule has 2 aromatic rings. The Balaban J connectivity index is 2.15. The highest BCUT2D eigenvalue weighted by molar-refractivity contribution is 6.31. The highest BCUT2D eigenvalue weighted by atomic mass is 35.5. The van der Waals surface area contributed by atoms with Gasteiger partial charge >= 0.3 is 0 Å². The average molecular weight is 304 g/mol. The van der Waals surface area contributed by atoms with Crippen molar-refractivity contribution in [2.24, 2.45) is 0 Å². The van der Waals surface area contributed by atoms with Crippen molar-refractivity contribution in [3.8, 4) is 0 Å². The number of anilines is 2. The van der Waals surface area contributed by atoms with Crippen molar-refractivity contribution in [3.05, 3.63) is 52.8 Å². The SMILES string of the molecule is CCCNc1ccnc(C(=O)Nc2cccc(Cl)c2C)c1. The molecule has 110 valence electrons. The van der Waals surface area contributed by atoms with Gasteiger partial charge < -0.3 is 10.6 Å². The minimum Gasteiger partial charge on any atom is -0.385 e. The van der Waals surface area contributed by atoms with E-state index >= 15 is 0 Å². The third-order valence-electron chi connectivity index (χ3n) is 3.09. The van der Waals surface area contributed by atoms with Crippen molar-refractivity contribution >= 4 is 28.9 Å². The molecule has 1 heterocycles. The largest absolute Gasteiger partial charge is 0.385 e. The van der Waals surface area contributed by atoms with E-state index < -0.39 is 0 Å². The topological polar surface area (TPSA) is 54.0 Å². The zero-order valence-electron chi connectivity index (χ0n) is 12.1. The zero-order chi connectivity index (χ0) is 15.2. The molecule has 0 atom stereocenters. The second kappa shape index (κ2) is 7.09. The summed E-state index contributed by atoms with van der Waals surface area (Å²) in [6, 6.07) is 9.00. The van der Waals surface area contributed by atoms with Gasteiger partial charge in [0.2, 0.25) is 0 Å². The Morgan fingerprint density at radius 3 is 2.90 bits per heavy atom. The van der Waals surface area contributed by atoms with Crippen molar-refractivity contribution < 1.29 is 4.79 Å². The molecule has 0 saturated heterocycles. The lowest BCUT2D eigenvalue weighted by molar-refractivity contribution is 0.102. The van der Waals surface area contributed by atoms with Gasteiger partial charge in [0.15, 0.2) is 0 Å². The first-order chi connectivity index (χ1) is 10.1. The Morgan fingerprint density at radius 2 is 2.14 bits per heavy atom. The fourth-order valence-electron chi connectivity index (χ4n) is 1.86. The summed E-state index contributed by atoms with van der Waals surface area (Å²) in [6.45, 7) is 4.81. The molecular weight excluding hydrogens is 286 g/mol. The Kier molecular flexibility index (Phi) is 5.17. The average Bonchev–Trinajstić information content (AvgIpc) is 2.50. The first-order valence-corrected chi connectivity index (χ1v) is 7.26. The lowest BCUT2D eigenvalue weighted by Crippen LogP contribution is -2.15. The molecule has 0 saturated carbocycles. The fourth-order valence-corrected chi connectivity index (χ4v) is 2.04. The quantitative estimate of drug-likeness (QED) is 0.873. The maximum atomic E-state index is 12.3. The molecule has 4 nitrogen and oxygen atoms in total. The van der Waals surface area contributed by atoms with Crippen LogP contribution in [0.3, 0.4) is 0 Å². The van der Waals surface area contributed by atoms with Crippen LogP contribution in [0.4, 0.5) is 11.4 Å². The van der Waals surface area contributed by atoms with Gasteiger partial charge in [0, 0.05) is 29.1 Å². The molecule has 0 aliphatic heterocycles. The van der Waals surface area contributed by atoms with E-state index in [1.54, 1.807) is 24.4 Å². The molecule has 0 aliphatic carbocycles. The number of amides is 1. The van der Waals surface area contributed by atoms with Gasteiger partial charge in [-0.05, 0) is 43.2 Å². The second-order valence-corrected chi connectivity index (χ2v) is 5.13. The first kappa shape index (κ1) is 15.3.